The quantitative estimate of drug-likeness (QED) is 0.230. The monoisotopic (exact) mass is 375 g/mol. The summed E-state index contributed by atoms with van der Waals surface area (Å²) in [4.78, 5) is 11.0. The number of ether oxygens (including phenoxy) is 1. The molecule has 0 amide bonds. The van der Waals surface area contributed by atoms with Crippen molar-refractivity contribution in [3.63, 3.8) is 0 Å². The number of thiocarbonyl (C=S) groups is 1. The summed E-state index contributed by atoms with van der Waals surface area (Å²) in [6.07, 6.45) is 5.69. The van der Waals surface area contributed by atoms with Gasteiger partial charge >= 0.3 is 5.97 Å². The Bertz CT molecular complexity index is 770. The summed E-state index contributed by atoms with van der Waals surface area (Å²) in [5, 5.41) is 8.83. The number of rotatable bonds is 9. The second-order valence-electron chi connectivity index (χ2n) is 5.80. The zero-order valence-corrected chi connectivity index (χ0v) is 16.0. The van der Waals surface area contributed by atoms with Crippen molar-refractivity contribution in [2.45, 2.75) is 39.0 Å². The number of nitrogens with one attached hydrogen (secondary N) is 2. The van der Waals surface area contributed by atoms with Crippen molar-refractivity contribution in [2.24, 2.45) is 5.10 Å². The number of nitrogens with zero attached hydrogens (tertiary/aromatic N) is 1. The smallest absolute Gasteiger partial charge is 0.305 e. The van der Waals surface area contributed by atoms with Gasteiger partial charge in [-0.05, 0) is 31.1 Å². The highest BCUT2D eigenvalue weighted by Gasteiger charge is 2.10. The molecule has 140 valence electrons. The summed E-state index contributed by atoms with van der Waals surface area (Å²) in [6.45, 7) is 2.78. The first kappa shape index (κ1) is 19.9. The molecule has 0 spiro atoms. The van der Waals surface area contributed by atoms with Crippen LogP contribution in [0.4, 0.5) is 0 Å². The normalized spacial score (nSPS) is 11.0. The van der Waals surface area contributed by atoms with Crippen molar-refractivity contribution >= 4 is 40.5 Å². The van der Waals surface area contributed by atoms with Crippen LogP contribution in [0.2, 0.25) is 0 Å². The van der Waals surface area contributed by atoms with E-state index in [1.807, 2.05) is 24.3 Å². The topological polar surface area (TPSA) is 75.9 Å². The van der Waals surface area contributed by atoms with Crippen LogP contribution < -0.4 is 10.7 Å². The third kappa shape index (κ3) is 5.84. The molecule has 0 aliphatic heterocycles. The predicted octanol–water partition coefficient (Wildman–Crippen LogP) is 3.53. The first-order valence-corrected chi connectivity index (χ1v) is 9.20. The second-order valence-corrected chi connectivity index (χ2v) is 6.21. The number of carbonyl (C=O) groups excluding carboxylic acids is 1. The van der Waals surface area contributed by atoms with E-state index in [1.54, 1.807) is 6.21 Å². The van der Waals surface area contributed by atoms with E-state index in [0.29, 0.717) is 11.5 Å². The van der Waals surface area contributed by atoms with Crippen LogP contribution in [0.15, 0.2) is 33.8 Å². The molecule has 1 aromatic carbocycles. The second kappa shape index (κ2) is 10.6. The van der Waals surface area contributed by atoms with E-state index in [0.717, 1.165) is 54.5 Å². The Morgan fingerprint density at radius 3 is 2.88 bits per heavy atom. The minimum atomic E-state index is -0.164. The van der Waals surface area contributed by atoms with Crippen LogP contribution in [0.5, 0.6) is 0 Å². The van der Waals surface area contributed by atoms with Gasteiger partial charge in [0.05, 0.1) is 13.3 Å². The van der Waals surface area contributed by atoms with Crippen molar-refractivity contribution < 1.29 is 13.9 Å². The molecule has 6 nitrogen and oxygen atoms in total. The van der Waals surface area contributed by atoms with Gasteiger partial charge in [0.25, 0.3) is 0 Å². The van der Waals surface area contributed by atoms with Crippen LogP contribution in [0.25, 0.3) is 11.0 Å². The Kier molecular flexibility index (Phi) is 8.08. The molecule has 0 atom stereocenters. The number of benzene rings is 1. The van der Waals surface area contributed by atoms with Crippen LogP contribution in [-0.4, -0.2) is 31.0 Å². The third-order valence-electron chi connectivity index (χ3n) is 3.96. The van der Waals surface area contributed by atoms with Gasteiger partial charge < -0.3 is 14.5 Å². The molecule has 0 bridgehead atoms. The minimum Gasteiger partial charge on any atom is -0.469 e. The predicted molar refractivity (Wildman–Crippen MR) is 107 cm³/mol. The molecule has 2 N–H and O–H groups in total. The molecular weight excluding hydrogens is 350 g/mol. The SMILES string of the molecule is CCc1oc2ccccc2c1/C=N\NC(=S)NCCCCCC(=O)OC. The number of carbonyl (C=O) groups is 1. The molecule has 26 heavy (non-hydrogen) atoms. The number of hydrogen-bond acceptors (Lipinski definition) is 5. The number of fused-ring (bicyclic) bond motifs is 1. The first-order chi connectivity index (χ1) is 12.7. The fourth-order valence-electron chi connectivity index (χ4n) is 2.59. The minimum absolute atomic E-state index is 0.164. The lowest BCUT2D eigenvalue weighted by Gasteiger charge is -2.06. The van der Waals surface area contributed by atoms with Crippen molar-refractivity contribution in [1.29, 1.82) is 0 Å². The molecule has 0 saturated heterocycles. The Morgan fingerprint density at radius 2 is 2.12 bits per heavy atom. The summed E-state index contributed by atoms with van der Waals surface area (Å²) in [5.74, 6) is 0.740. The van der Waals surface area contributed by atoms with Gasteiger partial charge in [0.1, 0.15) is 11.3 Å². The maximum atomic E-state index is 11.0. The Balaban J connectivity index is 1.75. The van der Waals surface area contributed by atoms with Crippen LogP contribution >= 0.6 is 12.2 Å². The highest BCUT2D eigenvalue weighted by molar-refractivity contribution is 7.80. The Morgan fingerprint density at radius 1 is 1.31 bits per heavy atom. The standard InChI is InChI=1S/C19H25N3O3S/c1-3-16-15(14-9-6-7-10-17(14)25-16)13-21-22-19(26)20-12-8-4-5-11-18(23)24-2/h6-7,9-10,13H,3-5,8,11-12H2,1-2H3,(H2,20,22,26)/b21-13-. The van der Waals surface area contributed by atoms with Gasteiger partial charge in [-0.25, -0.2) is 0 Å². The van der Waals surface area contributed by atoms with Crippen LogP contribution in [0.3, 0.4) is 0 Å². The van der Waals surface area contributed by atoms with E-state index in [1.165, 1.54) is 7.11 Å². The molecule has 0 radical (unpaired) electrons. The van der Waals surface area contributed by atoms with Gasteiger partial charge in [0.2, 0.25) is 0 Å². The molecule has 0 aliphatic carbocycles. The molecular formula is C19H25N3O3S. The zero-order chi connectivity index (χ0) is 18.8. The Labute approximate surface area is 159 Å². The van der Waals surface area contributed by atoms with Crippen LogP contribution in [0.1, 0.15) is 43.9 Å². The largest absolute Gasteiger partial charge is 0.469 e. The molecule has 2 rings (SSSR count). The number of hydrogen-bond donors (Lipinski definition) is 2. The number of para-hydroxylation sites is 1. The number of unbranched alkanes of at least 4 members (excludes halogenated alkanes) is 2. The summed E-state index contributed by atoms with van der Waals surface area (Å²) in [7, 11) is 1.41. The van der Waals surface area contributed by atoms with Gasteiger partial charge in [-0.15, -0.1) is 0 Å². The summed E-state index contributed by atoms with van der Waals surface area (Å²) < 4.78 is 10.4. The Hall–Kier alpha value is -2.41. The molecule has 0 aliphatic rings. The lowest BCUT2D eigenvalue weighted by molar-refractivity contribution is -0.140. The van der Waals surface area contributed by atoms with Gasteiger partial charge in [0.15, 0.2) is 5.11 Å². The van der Waals surface area contributed by atoms with E-state index >= 15 is 0 Å². The molecule has 7 heteroatoms. The number of aryl methyl sites for hydroxylation is 1. The number of methoxy groups -OCH3 is 1. The highest BCUT2D eigenvalue weighted by Crippen LogP contribution is 2.24. The van der Waals surface area contributed by atoms with Gasteiger partial charge in [-0.1, -0.05) is 31.5 Å². The van der Waals surface area contributed by atoms with Crippen molar-refractivity contribution in [2.75, 3.05) is 13.7 Å². The molecule has 1 heterocycles. The number of hydrazone groups is 1. The van der Waals surface area contributed by atoms with E-state index in [2.05, 4.69) is 27.5 Å². The van der Waals surface area contributed by atoms with E-state index < -0.39 is 0 Å². The first-order valence-electron chi connectivity index (χ1n) is 8.79. The summed E-state index contributed by atoms with van der Waals surface area (Å²) in [5.41, 5.74) is 4.66. The van der Waals surface area contributed by atoms with E-state index in [-0.39, 0.29) is 5.97 Å². The summed E-state index contributed by atoms with van der Waals surface area (Å²) >= 11 is 5.21. The lowest BCUT2D eigenvalue weighted by atomic mass is 10.1. The van der Waals surface area contributed by atoms with Crippen LogP contribution in [-0.2, 0) is 16.0 Å². The van der Waals surface area contributed by atoms with Gasteiger partial charge in [-0.2, -0.15) is 5.10 Å². The highest BCUT2D eigenvalue weighted by atomic mass is 32.1. The lowest BCUT2D eigenvalue weighted by Crippen LogP contribution is -2.32. The molecule has 0 unspecified atom stereocenters. The van der Waals surface area contributed by atoms with Crippen molar-refractivity contribution in [3.8, 4) is 0 Å². The van der Waals surface area contributed by atoms with Gasteiger partial charge in [-0.3, -0.25) is 10.2 Å². The molecule has 1 aromatic heterocycles. The third-order valence-corrected chi connectivity index (χ3v) is 4.20. The maximum absolute atomic E-state index is 11.0. The summed E-state index contributed by atoms with van der Waals surface area (Å²) in [6, 6.07) is 7.90. The molecule has 2 aromatic rings. The van der Waals surface area contributed by atoms with Crippen LogP contribution in [0, 0.1) is 0 Å². The van der Waals surface area contributed by atoms with Gasteiger partial charge in [0, 0.05) is 30.3 Å². The van der Waals surface area contributed by atoms with E-state index in [4.69, 9.17) is 16.6 Å². The van der Waals surface area contributed by atoms with E-state index in [9.17, 15) is 4.79 Å². The van der Waals surface area contributed by atoms with Crippen molar-refractivity contribution in [1.82, 2.24) is 10.7 Å². The molecule has 0 fully saturated rings. The molecule has 0 saturated carbocycles. The van der Waals surface area contributed by atoms with Crippen molar-refractivity contribution in [3.05, 3.63) is 35.6 Å². The maximum Gasteiger partial charge on any atom is 0.305 e. The zero-order valence-electron chi connectivity index (χ0n) is 15.2. The fraction of sp³-hybridized carbons (Fsp3) is 0.421. The average Bonchev–Trinajstić information content (AvgIpc) is 3.02. The fourth-order valence-corrected chi connectivity index (χ4v) is 2.75. The number of esters is 1. The average molecular weight is 375 g/mol. The number of furan rings is 1.